The Labute approximate surface area is 94.4 Å². The molecule has 0 saturated heterocycles. The molecule has 1 aromatic rings. The summed E-state index contributed by atoms with van der Waals surface area (Å²) in [4.78, 5) is 13.1. The van der Waals surface area contributed by atoms with Crippen LogP contribution in [0.3, 0.4) is 0 Å². The van der Waals surface area contributed by atoms with E-state index in [1.165, 1.54) is 10.5 Å². The van der Waals surface area contributed by atoms with Gasteiger partial charge in [-0.25, -0.2) is 0 Å². The standard InChI is InChI=1S/C12H15NOS/c1-8(2)13-12(14)10-7-15-11-6-4-3-5-9(10)11/h3-6,8,10H,7H2,1-2H3,(H,13,14). The third-order valence-electron chi connectivity index (χ3n) is 2.45. The molecule has 2 nitrogen and oxygen atoms in total. The average Bonchev–Trinajstić information content (AvgIpc) is 2.59. The number of thioether (sulfide) groups is 1. The van der Waals surface area contributed by atoms with Gasteiger partial charge in [-0.3, -0.25) is 4.79 Å². The van der Waals surface area contributed by atoms with Crippen molar-refractivity contribution < 1.29 is 4.79 Å². The molecule has 3 heteroatoms. The lowest BCUT2D eigenvalue weighted by molar-refractivity contribution is -0.122. The van der Waals surface area contributed by atoms with Crippen molar-refractivity contribution in [3.63, 3.8) is 0 Å². The van der Waals surface area contributed by atoms with Crippen LogP contribution < -0.4 is 5.32 Å². The molecule has 0 aromatic heterocycles. The molecule has 0 fully saturated rings. The summed E-state index contributed by atoms with van der Waals surface area (Å²) < 4.78 is 0. The monoisotopic (exact) mass is 221 g/mol. The smallest absolute Gasteiger partial charge is 0.228 e. The Balaban J connectivity index is 2.17. The first-order valence-corrected chi connectivity index (χ1v) is 6.19. The molecule has 1 aliphatic heterocycles. The fourth-order valence-electron chi connectivity index (χ4n) is 1.76. The Morgan fingerprint density at radius 2 is 2.20 bits per heavy atom. The Bertz CT molecular complexity index is 376. The Hall–Kier alpha value is -0.960. The summed E-state index contributed by atoms with van der Waals surface area (Å²) in [7, 11) is 0. The molecule has 0 aliphatic carbocycles. The number of carbonyl (C=O) groups excluding carboxylic acids is 1. The van der Waals surface area contributed by atoms with Gasteiger partial charge in [0.15, 0.2) is 0 Å². The maximum Gasteiger partial charge on any atom is 0.228 e. The van der Waals surface area contributed by atoms with Crippen LogP contribution in [0.2, 0.25) is 0 Å². The summed E-state index contributed by atoms with van der Waals surface area (Å²) >= 11 is 1.77. The van der Waals surface area contributed by atoms with Crippen LogP contribution in [0.4, 0.5) is 0 Å². The molecule has 1 aromatic carbocycles. The van der Waals surface area contributed by atoms with Crippen molar-refractivity contribution in [3.8, 4) is 0 Å². The predicted molar refractivity (Wildman–Crippen MR) is 63.2 cm³/mol. The first kappa shape index (κ1) is 10.6. The molecule has 0 spiro atoms. The molecular weight excluding hydrogens is 206 g/mol. The lowest BCUT2D eigenvalue weighted by Crippen LogP contribution is -2.34. The van der Waals surface area contributed by atoms with E-state index in [0.29, 0.717) is 0 Å². The Morgan fingerprint density at radius 3 is 2.93 bits per heavy atom. The van der Waals surface area contributed by atoms with Gasteiger partial charge in [0.25, 0.3) is 0 Å². The highest BCUT2D eigenvalue weighted by molar-refractivity contribution is 7.99. The van der Waals surface area contributed by atoms with E-state index < -0.39 is 0 Å². The SMILES string of the molecule is CC(C)NC(=O)C1CSc2ccccc21. The summed E-state index contributed by atoms with van der Waals surface area (Å²) in [6.07, 6.45) is 0. The molecule has 1 N–H and O–H groups in total. The van der Waals surface area contributed by atoms with Crippen molar-refractivity contribution in [2.24, 2.45) is 0 Å². The zero-order chi connectivity index (χ0) is 10.8. The first-order chi connectivity index (χ1) is 7.18. The second-order valence-corrected chi connectivity index (χ2v) is 5.13. The van der Waals surface area contributed by atoms with Crippen molar-refractivity contribution in [1.29, 1.82) is 0 Å². The van der Waals surface area contributed by atoms with Crippen molar-refractivity contribution in [3.05, 3.63) is 29.8 Å². The number of fused-ring (bicyclic) bond motifs is 1. The fourth-order valence-corrected chi connectivity index (χ4v) is 2.99. The highest BCUT2D eigenvalue weighted by atomic mass is 32.2. The predicted octanol–water partition coefficient (Wildman–Crippen LogP) is 2.40. The molecule has 15 heavy (non-hydrogen) atoms. The number of carbonyl (C=O) groups is 1. The number of amides is 1. The van der Waals surface area contributed by atoms with Crippen molar-refractivity contribution in [2.75, 3.05) is 5.75 Å². The number of hydrogen-bond acceptors (Lipinski definition) is 2. The minimum atomic E-state index is 0.0357. The second-order valence-electron chi connectivity index (χ2n) is 4.06. The van der Waals surface area contributed by atoms with Gasteiger partial charge in [-0.1, -0.05) is 18.2 Å². The van der Waals surface area contributed by atoms with Gasteiger partial charge in [-0.05, 0) is 25.5 Å². The first-order valence-electron chi connectivity index (χ1n) is 5.20. The highest BCUT2D eigenvalue weighted by Crippen LogP contribution is 2.39. The van der Waals surface area contributed by atoms with Gasteiger partial charge >= 0.3 is 0 Å². The van der Waals surface area contributed by atoms with Gasteiger partial charge in [0, 0.05) is 16.7 Å². The van der Waals surface area contributed by atoms with Gasteiger partial charge in [0.05, 0.1) is 5.92 Å². The molecule has 1 amide bonds. The summed E-state index contributed by atoms with van der Waals surface area (Å²) in [5.41, 5.74) is 1.18. The van der Waals surface area contributed by atoms with E-state index in [0.717, 1.165) is 5.75 Å². The van der Waals surface area contributed by atoms with Crippen LogP contribution in [0.25, 0.3) is 0 Å². The van der Waals surface area contributed by atoms with Crippen molar-refractivity contribution in [2.45, 2.75) is 30.7 Å². The minimum Gasteiger partial charge on any atom is -0.353 e. The van der Waals surface area contributed by atoms with E-state index in [4.69, 9.17) is 0 Å². The molecule has 1 unspecified atom stereocenters. The van der Waals surface area contributed by atoms with E-state index in [-0.39, 0.29) is 17.9 Å². The van der Waals surface area contributed by atoms with E-state index in [9.17, 15) is 4.79 Å². The van der Waals surface area contributed by atoms with E-state index in [1.807, 2.05) is 26.0 Å². The molecule has 1 atom stereocenters. The van der Waals surface area contributed by atoms with Crippen LogP contribution in [0.1, 0.15) is 25.3 Å². The van der Waals surface area contributed by atoms with Crippen LogP contribution in [-0.4, -0.2) is 17.7 Å². The van der Waals surface area contributed by atoms with E-state index in [2.05, 4.69) is 17.4 Å². The summed E-state index contributed by atoms with van der Waals surface area (Å²) in [6.45, 7) is 3.98. The molecule has 2 rings (SSSR count). The minimum absolute atomic E-state index is 0.0357. The van der Waals surface area contributed by atoms with E-state index in [1.54, 1.807) is 11.8 Å². The zero-order valence-corrected chi connectivity index (χ0v) is 9.80. The van der Waals surface area contributed by atoms with Gasteiger partial charge in [0.2, 0.25) is 5.91 Å². The number of rotatable bonds is 2. The largest absolute Gasteiger partial charge is 0.353 e. The van der Waals surface area contributed by atoms with Gasteiger partial charge in [0.1, 0.15) is 0 Å². The summed E-state index contributed by atoms with van der Waals surface area (Å²) in [5, 5.41) is 2.97. The molecule has 0 radical (unpaired) electrons. The molecule has 1 heterocycles. The fraction of sp³-hybridized carbons (Fsp3) is 0.417. The topological polar surface area (TPSA) is 29.1 Å². The normalized spacial score (nSPS) is 19.0. The van der Waals surface area contributed by atoms with Crippen LogP contribution in [0.15, 0.2) is 29.2 Å². The van der Waals surface area contributed by atoms with Gasteiger partial charge in [-0.2, -0.15) is 0 Å². The molecule has 0 bridgehead atoms. The molecule has 0 saturated carbocycles. The Kier molecular flexibility index (Phi) is 3.00. The van der Waals surface area contributed by atoms with Gasteiger partial charge < -0.3 is 5.32 Å². The maximum atomic E-state index is 11.9. The highest BCUT2D eigenvalue weighted by Gasteiger charge is 2.28. The van der Waals surface area contributed by atoms with Crippen LogP contribution in [-0.2, 0) is 4.79 Å². The number of benzene rings is 1. The summed E-state index contributed by atoms with van der Waals surface area (Å²) in [5.74, 6) is 1.06. The lowest BCUT2D eigenvalue weighted by Gasteiger charge is -2.13. The Morgan fingerprint density at radius 1 is 1.47 bits per heavy atom. The van der Waals surface area contributed by atoms with Crippen LogP contribution >= 0.6 is 11.8 Å². The summed E-state index contributed by atoms with van der Waals surface area (Å²) in [6, 6.07) is 8.38. The van der Waals surface area contributed by atoms with Gasteiger partial charge in [-0.15, -0.1) is 11.8 Å². The third-order valence-corrected chi connectivity index (χ3v) is 3.63. The maximum absolute atomic E-state index is 11.9. The van der Waals surface area contributed by atoms with Crippen LogP contribution in [0, 0.1) is 0 Å². The van der Waals surface area contributed by atoms with Crippen molar-refractivity contribution >= 4 is 17.7 Å². The number of hydrogen-bond donors (Lipinski definition) is 1. The second kappa shape index (κ2) is 4.27. The third kappa shape index (κ3) is 2.17. The molecular formula is C12H15NOS. The average molecular weight is 221 g/mol. The molecule has 1 aliphatic rings. The van der Waals surface area contributed by atoms with Crippen molar-refractivity contribution in [1.82, 2.24) is 5.32 Å². The molecule has 80 valence electrons. The quantitative estimate of drug-likeness (QED) is 0.831. The number of nitrogens with one attached hydrogen (secondary N) is 1. The van der Waals surface area contributed by atoms with Crippen LogP contribution in [0.5, 0.6) is 0 Å². The lowest BCUT2D eigenvalue weighted by atomic mass is 10.0. The zero-order valence-electron chi connectivity index (χ0n) is 8.99. The van der Waals surface area contributed by atoms with E-state index >= 15 is 0 Å².